The number of benzene rings is 1. The fraction of sp³-hybridized carbons (Fsp3) is 0.474. The van der Waals surface area contributed by atoms with Gasteiger partial charge in [0.25, 0.3) is 5.56 Å². The van der Waals surface area contributed by atoms with E-state index in [0.717, 1.165) is 49.2 Å². The molecule has 26 heavy (non-hydrogen) atoms. The molecule has 0 spiro atoms. The highest BCUT2D eigenvalue weighted by Crippen LogP contribution is 2.20. The van der Waals surface area contributed by atoms with Crippen molar-refractivity contribution in [3.8, 4) is 0 Å². The second-order valence-corrected chi connectivity index (χ2v) is 7.19. The molecule has 1 aliphatic heterocycles. The van der Waals surface area contributed by atoms with E-state index < -0.39 is 0 Å². The fourth-order valence-electron chi connectivity index (χ4n) is 3.69. The van der Waals surface area contributed by atoms with Gasteiger partial charge in [-0.15, -0.1) is 10.2 Å². The van der Waals surface area contributed by atoms with Crippen molar-refractivity contribution < 1.29 is 4.79 Å². The van der Waals surface area contributed by atoms with Crippen molar-refractivity contribution >= 4 is 22.6 Å². The molecule has 1 aliphatic rings. The van der Waals surface area contributed by atoms with E-state index >= 15 is 0 Å². The molecule has 1 aromatic carbocycles. The maximum atomic E-state index is 13.1. The zero-order valence-electron chi connectivity index (χ0n) is 15.2. The van der Waals surface area contributed by atoms with Crippen molar-refractivity contribution in [2.24, 2.45) is 0 Å². The Bertz CT molecular complexity index is 1030. The van der Waals surface area contributed by atoms with E-state index in [-0.39, 0.29) is 29.6 Å². The summed E-state index contributed by atoms with van der Waals surface area (Å²) in [6.07, 6.45) is 3.22. The van der Waals surface area contributed by atoms with Crippen LogP contribution in [0.2, 0.25) is 0 Å². The first-order valence-electron chi connectivity index (χ1n) is 9.22. The number of hydrogen-bond donors (Lipinski definition) is 0. The third-order valence-corrected chi connectivity index (χ3v) is 5.06. The van der Waals surface area contributed by atoms with Crippen LogP contribution in [0.1, 0.15) is 44.9 Å². The van der Waals surface area contributed by atoms with E-state index in [2.05, 4.69) is 10.2 Å². The van der Waals surface area contributed by atoms with Crippen LogP contribution in [0.5, 0.6) is 0 Å². The number of fused-ring (bicyclic) bond motifs is 3. The van der Waals surface area contributed by atoms with Crippen LogP contribution in [0.3, 0.4) is 0 Å². The van der Waals surface area contributed by atoms with Crippen LogP contribution >= 0.6 is 0 Å². The molecule has 1 amide bonds. The summed E-state index contributed by atoms with van der Waals surface area (Å²) in [5.74, 6) is 0.881. The molecule has 1 fully saturated rings. The standard InChI is InChI=1S/C19H23N5O2/c1-13(2)17-20-21-18-19(26)23(12-16(25)22-10-6-3-7-11-22)14-8-4-5-9-15(14)24(17)18/h4-5,8-9,13H,3,6-7,10-12H2,1-2H3. The van der Waals surface area contributed by atoms with E-state index in [1.807, 2.05) is 47.4 Å². The number of likely N-dealkylation sites (tertiary alicyclic amines) is 1. The summed E-state index contributed by atoms with van der Waals surface area (Å²) in [5.41, 5.74) is 1.59. The first-order chi connectivity index (χ1) is 12.6. The number of carbonyl (C=O) groups is 1. The molecule has 0 aliphatic carbocycles. The highest BCUT2D eigenvalue weighted by atomic mass is 16.2. The summed E-state index contributed by atoms with van der Waals surface area (Å²) in [6.45, 7) is 5.64. The molecule has 1 saturated heterocycles. The second kappa shape index (κ2) is 6.55. The maximum Gasteiger partial charge on any atom is 0.297 e. The minimum atomic E-state index is -0.270. The number of aromatic nitrogens is 4. The predicted molar refractivity (Wildman–Crippen MR) is 99.3 cm³/mol. The molecule has 0 saturated carbocycles. The maximum absolute atomic E-state index is 13.1. The molecule has 136 valence electrons. The van der Waals surface area contributed by atoms with Crippen LogP contribution in [-0.2, 0) is 11.3 Å². The van der Waals surface area contributed by atoms with Crippen LogP contribution in [0, 0.1) is 0 Å². The monoisotopic (exact) mass is 353 g/mol. The van der Waals surface area contributed by atoms with Crippen molar-refractivity contribution in [2.75, 3.05) is 13.1 Å². The third kappa shape index (κ3) is 2.67. The van der Waals surface area contributed by atoms with Gasteiger partial charge < -0.3 is 4.90 Å². The lowest BCUT2D eigenvalue weighted by atomic mass is 10.1. The lowest BCUT2D eigenvalue weighted by Crippen LogP contribution is -2.40. The zero-order valence-corrected chi connectivity index (χ0v) is 15.2. The van der Waals surface area contributed by atoms with Crippen LogP contribution in [-0.4, -0.2) is 43.1 Å². The van der Waals surface area contributed by atoms with E-state index in [1.54, 1.807) is 4.57 Å². The van der Waals surface area contributed by atoms with E-state index in [1.165, 1.54) is 0 Å². The van der Waals surface area contributed by atoms with Crippen molar-refractivity contribution in [2.45, 2.75) is 45.6 Å². The first kappa shape index (κ1) is 16.8. The lowest BCUT2D eigenvalue weighted by molar-refractivity contribution is -0.132. The second-order valence-electron chi connectivity index (χ2n) is 7.19. The highest BCUT2D eigenvalue weighted by molar-refractivity contribution is 5.82. The van der Waals surface area contributed by atoms with Gasteiger partial charge in [-0.25, -0.2) is 0 Å². The van der Waals surface area contributed by atoms with Crippen molar-refractivity contribution in [1.82, 2.24) is 24.1 Å². The summed E-state index contributed by atoms with van der Waals surface area (Å²) >= 11 is 0. The van der Waals surface area contributed by atoms with Crippen molar-refractivity contribution in [3.05, 3.63) is 40.4 Å². The van der Waals surface area contributed by atoms with Crippen LogP contribution in [0.25, 0.3) is 16.7 Å². The Kier molecular flexibility index (Phi) is 4.22. The Hall–Kier alpha value is -2.70. The summed E-state index contributed by atoms with van der Waals surface area (Å²) in [7, 11) is 0. The molecule has 7 heteroatoms. The number of nitrogens with zero attached hydrogens (tertiary/aromatic N) is 5. The van der Waals surface area contributed by atoms with Crippen molar-refractivity contribution in [1.29, 1.82) is 0 Å². The number of amides is 1. The Morgan fingerprint density at radius 1 is 1.08 bits per heavy atom. The minimum absolute atomic E-state index is 0.00935. The zero-order chi connectivity index (χ0) is 18.3. The molecular weight excluding hydrogens is 330 g/mol. The summed E-state index contributed by atoms with van der Waals surface area (Å²) in [5, 5.41) is 8.34. The average molecular weight is 353 g/mol. The Labute approximate surface area is 151 Å². The number of para-hydroxylation sites is 2. The summed E-state index contributed by atoms with van der Waals surface area (Å²) < 4.78 is 3.37. The molecule has 3 aromatic rings. The number of hydrogen-bond acceptors (Lipinski definition) is 4. The smallest absolute Gasteiger partial charge is 0.297 e. The molecule has 0 unspecified atom stereocenters. The molecule has 3 heterocycles. The molecule has 0 atom stereocenters. The lowest BCUT2D eigenvalue weighted by Gasteiger charge is -2.27. The Balaban J connectivity index is 1.87. The number of rotatable bonds is 3. The molecule has 0 N–H and O–H groups in total. The van der Waals surface area contributed by atoms with Gasteiger partial charge in [0.2, 0.25) is 11.6 Å². The number of carbonyl (C=O) groups excluding carboxylic acids is 1. The topological polar surface area (TPSA) is 72.5 Å². The van der Waals surface area contributed by atoms with Gasteiger partial charge in [-0.2, -0.15) is 0 Å². The van der Waals surface area contributed by atoms with Gasteiger partial charge in [0.1, 0.15) is 12.4 Å². The Morgan fingerprint density at radius 3 is 2.46 bits per heavy atom. The Morgan fingerprint density at radius 2 is 1.77 bits per heavy atom. The quantitative estimate of drug-likeness (QED) is 0.723. The van der Waals surface area contributed by atoms with Gasteiger partial charge in [0, 0.05) is 19.0 Å². The largest absolute Gasteiger partial charge is 0.341 e. The average Bonchev–Trinajstić information content (AvgIpc) is 3.11. The molecule has 7 nitrogen and oxygen atoms in total. The van der Waals surface area contributed by atoms with Gasteiger partial charge in [0.15, 0.2) is 0 Å². The van der Waals surface area contributed by atoms with Crippen LogP contribution in [0.15, 0.2) is 29.1 Å². The summed E-state index contributed by atoms with van der Waals surface area (Å²) in [6, 6.07) is 7.63. The van der Waals surface area contributed by atoms with Gasteiger partial charge in [-0.1, -0.05) is 26.0 Å². The van der Waals surface area contributed by atoms with E-state index in [9.17, 15) is 9.59 Å². The molecule has 4 rings (SSSR count). The van der Waals surface area contributed by atoms with Gasteiger partial charge in [-0.3, -0.25) is 18.6 Å². The number of piperidine rings is 1. The first-order valence-corrected chi connectivity index (χ1v) is 9.22. The van der Waals surface area contributed by atoms with Crippen LogP contribution in [0.4, 0.5) is 0 Å². The van der Waals surface area contributed by atoms with Gasteiger partial charge in [0.05, 0.1) is 11.0 Å². The van der Waals surface area contributed by atoms with Gasteiger partial charge in [-0.05, 0) is 31.4 Å². The van der Waals surface area contributed by atoms with Gasteiger partial charge >= 0.3 is 0 Å². The van der Waals surface area contributed by atoms with E-state index in [0.29, 0.717) is 0 Å². The predicted octanol–water partition coefficient (Wildman–Crippen LogP) is 2.18. The fourth-order valence-corrected chi connectivity index (χ4v) is 3.69. The molecule has 0 bridgehead atoms. The van der Waals surface area contributed by atoms with Crippen molar-refractivity contribution in [3.63, 3.8) is 0 Å². The van der Waals surface area contributed by atoms with E-state index in [4.69, 9.17) is 0 Å². The molecular formula is C19H23N5O2. The third-order valence-electron chi connectivity index (χ3n) is 5.06. The normalized spacial score (nSPS) is 15.3. The van der Waals surface area contributed by atoms with Crippen LogP contribution < -0.4 is 5.56 Å². The summed E-state index contributed by atoms with van der Waals surface area (Å²) in [4.78, 5) is 27.7. The molecule has 2 aromatic heterocycles. The highest BCUT2D eigenvalue weighted by Gasteiger charge is 2.22. The SMILES string of the molecule is CC(C)c1nnc2c(=O)n(CC(=O)N3CCCCC3)c3ccccc3n12. The molecule has 0 radical (unpaired) electrons. The minimum Gasteiger partial charge on any atom is -0.341 e.